The van der Waals surface area contributed by atoms with E-state index in [1.54, 1.807) is 4.90 Å². The Kier molecular flexibility index (Phi) is 5.91. The van der Waals surface area contributed by atoms with E-state index in [-0.39, 0.29) is 5.91 Å². The Morgan fingerprint density at radius 2 is 1.85 bits per heavy atom. The van der Waals surface area contributed by atoms with Crippen molar-refractivity contribution >= 4 is 11.6 Å². The third kappa shape index (κ3) is 4.19. The Balaban J connectivity index is 1.88. The van der Waals surface area contributed by atoms with Crippen LogP contribution in [0, 0.1) is 6.92 Å². The van der Waals surface area contributed by atoms with E-state index >= 15 is 0 Å². The molecule has 1 amide bonds. The van der Waals surface area contributed by atoms with Gasteiger partial charge in [0.25, 0.3) is 5.91 Å². The minimum atomic E-state index is -0.0199. The van der Waals surface area contributed by atoms with Gasteiger partial charge in [0.2, 0.25) is 0 Å². The SMILES string of the molecule is CCN(C)Cc1c(C(=O)N(C)CCc2ccccc2)nc2c(C)cccn12. The molecule has 0 fully saturated rings. The summed E-state index contributed by atoms with van der Waals surface area (Å²) in [6, 6.07) is 14.3. The van der Waals surface area contributed by atoms with Crippen molar-refractivity contribution in [3.63, 3.8) is 0 Å². The molecule has 0 saturated carbocycles. The lowest BCUT2D eigenvalue weighted by Crippen LogP contribution is -2.31. The summed E-state index contributed by atoms with van der Waals surface area (Å²) in [7, 11) is 3.91. The fraction of sp³-hybridized carbons (Fsp3) is 0.364. The maximum Gasteiger partial charge on any atom is 0.274 e. The molecule has 0 spiro atoms. The maximum absolute atomic E-state index is 13.2. The molecule has 0 unspecified atom stereocenters. The van der Waals surface area contributed by atoms with Gasteiger partial charge in [0.1, 0.15) is 5.65 Å². The number of pyridine rings is 1. The second-order valence-electron chi connectivity index (χ2n) is 7.08. The fourth-order valence-corrected chi connectivity index (χ4v) is 3.17. The smallest absolute Gasteiger partial charge is 0.274 e. The van der Waals surface area contributed by atoms with Gasteiger partial charge in [-0.05, 0) is 44.1 Å². The summed E-state index contributed by atoms with van der Waals surface area (Å²) in [6.07, 6.45) is 2.83. The van der Waals surface area contributed by atoms with Crippen LogP contribution < -0.4 is 0 Å². The first-order valence-corrected chi connectivity index (χ1v) is 9.45. The second-order valence-corrected chi connectivity index (χ2v) is 7.08. The van der Waals surface area contributed by atoms with Crippen molar-refractivity contribution in [2.24, 2.45) is 0 Å². The number of rotatable bonds is 7. The molecule has 1 aromatic carbocycles. The van der Waals surface area contributed by atoms with Crippen molar-refractivity contribution in [1.29, 1.82) is 0 Å². The molecular weight excluding hydrogens is 336 g/mol. The molecule has 0 bridgehead atoms. The first kappa shape index (κ1) is 19.1. The van der Waals surface area contributed by atoms with E-state index < -0.39 is 0 Å². The lowest BCUT2D eigenvalue weighted by Gasteiger charge is -2.19. The molecule has 142 valence electrons. The van der Waals surface area contributed by atoms with E-state index in [9.17, 15) is 4.79 Å². The van der Waals surface area contributed by atoms with Crippen LogP contribution in [0.2, 0.25) is 0 Å². The van der Waals surface area contributed by atoms with Gasteiger partial charge >= 0.3 is 0 Å². The summed E-state index contributed by atoms with van der Waals surface area (Å²) in [6.45, 7) is 6.41. The van der Waals surface area contributed by atoms with Gasteiger partial charge in [0.15, 0.2) is 5.69 Å². The molecule has 0 aliphatic heterocycles. The average molecular weight is 364 g/mol. The number of carbonyl (C=O) groups excluding carboxylic acids is 1. The molecule has 0 aliphatic rings. The minimum absolute atomic E-state index is 0.0199. The topological polar surface area (TPSA) is 40.9 Å². The number of aromatic nitrogens is 2. The number of carbonyl (C=O) groups is 1. The van der Waals surface area contributed by atoms with Crippen molar-refractivity contribution in [3.05, 3.63) is 71.2 Å². The molecule has 5 heteroatoms. The molecular formula is C22H28N4O. The highest BCUT2D eigenvalue weighted by molar-refractivity contribution is 5.94. The van der Waals surface area contributed by atoms with Crippen LogP contribution in [0.15, 0.2) is 48.7 Å². The summed E-state index contributed by atoms with van der Waals surface area (Å²) in [5.41, 5.74) is 4.67. The highest BCUT2D eigenvalue weighted by atomic mass is 16.2. The number of hydrogen-bond donors (Lipinski definition) is 0. The monoisotopic (exact) mass is 364 g/mol. The van der Waals surface area contributed by atoms with Crippen molar-refractivity contribution in [1.82, 2.24) is 19.2 Å². The lowest BCUT2D eigenvalue weighted by atomic mass is 10.1. The number of hydrogen-bond acceptors (Lipinski definition) is 3. The van der Waals surface area contributed by atoms with Crippen LogP contribution in [-0.4, -0.2) is 52.3 Å². The van der Waals surface area contributed by atoms with Crippen LogP contribution in [0.3, 0.4) is 0 Å². The molecule has 3 rings (SSSR count). The van der Waals surface area contributed by atoms with E-state index in [0.29, 0.717) is 18.8 Å². The predicted molar refractivity (Wildman–Crippen MR) is 109 cm³/mol. The Hall–Kier alpha value is -2.66. The normalized spacial score (nSPS) is 11.3. The minimum Gasteiger partial charge on any atom is -0.340 e. The van der Waals surface area contributed by atoms with Gasteiger partial charge in [-0.1, -0.05) is 43.3 Å². The molecule has 2 aromatic heterocycles. The molecule has 0 radical (unpaired) electrons. The molecule has 0 aliphatic carbocycles. The molecule has 0 atom stereocenters. The third-order valence-corrected chi connectivity index (χ3v) is 5.03. The molecule has 3 aromatic rings. The van der Waals surface area contributed by atoms with Crippen molar-refractivity contribution in [2.45, 2.75) is 26.8 Å². The summed E-state index contributed by atoms with van der Waals surface area (Å²) < 4.78 is 2.06. The Morgan fingerprint density at radius 1 is 1.11 bits per heavy atom. The van der Waals surface area contributed by atoms with E-state index in [1.807, 2.05) is 50.5 Å². The van der Waals surface area contributed by atoms with Gasteiger partial charge in [-0.2, -0.15) is 0 Å². The molecule has 2 heterocycles. The number of amides is 1. The van der Waals surface area contributed by atoms with Gasteiger partial charge in [-0.25, -0.2) is 4.98 Å². The Morgan fingerprint density at radius 3 is 2.56 bits per heavy atom. The molecule has 0 N–H and O–H groups in total. The number of imidazole rings is 1. The largest absolute Gasteiger partial charge is 0.340 e. The molecule has 0 saturated heterocycles. The predicted octanol–water partition coefficient (Wildman–Crippen LogP) is 3.41. The van der Waals surface area contributed by atoms with E-state index in [0.717, 1.165) is 29.9 Å². The summed E-state index contributed by atoms with van der Waals surface area (Å²) in [4.78, 5) is 21.9. The fourth-order valence-electron chi connectivity index (χ4n) is 3.17. The number of nitrogens with zero attached hydrogens (tertiary/aromatic N) is 4. The number of fused-ring (bicyclic) bond motifs is 1. The number of likely N-dealkylation sites (N-methyl/N-ethyl adjacent to an activating group) is 1. The van der Waals surface area contributed by atoms with Crippen molar-refractivity contribution < 1.29 is 4.79 Å². The van der Waals surface area contributed by atoms with E-state index in [2.05, 4.69) is 35.4 Å². The zero-order valence-electron chi connectivity index (χ0n) is 16.6. The third-order valence-electron chi connectivity index (χ3n) is 5.03. The number of benzene rings is 1. The Labute approximate surface area is 161 Å². The highest BCUT2D eigenvalue weighted by Crippen LogP contribution is 2.19. The van der Waals surface area contributed by atoms with Crippen molar-refractivity contribution in [3.8, 4) is 0 Å². The average Bonchev–Trinajstić information content (AvgIpc) is 3.06. The zero-order valence-corrected chi connectivity index (χ0v) is 16.6. The first-order valence-electron chi connectivity index (χ1n) is 9.45. The molecule has 27 heavy (non-hydrogen) atoms. The standard InChI is InChI=1S/C22H28N4O/c1-5-24(3)16-19-20(23-21-17(2)10-9-14-26(19)21)22(27)25(4)15-13-18-11-7-6-8-12-18/h6-12,14H,5,13,15-16H2,1-4H3. The maximum atomic E-state index is 13.2. The van der Waals surface area contributed by atoms with Gasteiger partial charge in [-0.15, -0.1) is 0 Å². The van der Waals surface area contributed by atoms with Crippen LogP contribution >= 0.6 is 0 Å². The number of aryl methyl sites for hydroxylation is 1. The highest BCUT2D eigenvalue weighted by Gasteiger charge is 2.23. The second kappa shape index (κ2) is 8.35. The van der Waals surface area contributed by atoms with Gasteiger partial charge in [-0.3, -0.25) is 4.79 Å². The van der Waals surface area contributed by atoms with Crippen LogP contribution in [0.25, 0.3) is 5.65 Å². The van der Waals surface area contributed by atoms with E-state index in [4.69, 9.17) is 4.98 Å². The van der Waals surface area contributed by atoms with Gasteiger partial charge in [0.05, 0.1) is 5.69 Å². The van der Waals surface area contributed by atoms with E-state index in [1.165, 1.54) is 5.56 Å². The van der Waals surface area contributed by atoms with Crippen LogP contribution in [0.1, 0.15) is 34.2 Å². The lowest BCUT2D eigenvalue weighted by molar-refractivity contribution is 0.0789. The van der Waals surface area contributed by atoms with Crippen LogP contribution in [0.4, 0.5) is 0 Å². The van der Waals surface area contributed by atoms with Crippen LogP contribution in [0.5, 0.6) is 0 Å². The van der Waals surface area contributed by atoms with Gasteiger partial charge in [0, 0.05) is 26.3 Å². The summed E-state index contributed by atoms with van der Waals surface area (Å²) >= 11 is 0. The first-order chi connectivity index (χ1) is 13.0. The van der Waals surface area contributed by atoms with Crippen LogP contribution in [-0.2, 0) is 13.0 Å². The Bertz CT molecular complexity index is 917. The summed E-state index contributed by atoms with van der Waals surface area (Å²) in [5, 5.41) is 0. The zero-order chi connectivity index (χ0) is 19.4. The van der Waals surface area contributed by atoms with Crippen molar-refractivity contribution in [2.75, 3.05) is 27.2 Å². The summed E-state index contributed by atoms with van der Waals surface area (Å²) in [5.74, 6) is -0.0199. The quantitative estimate of drug-likeness (QED) is 0.645. The molecule has 5 nitrogen and oxygen atoms in total. The van der Waals surface area contributed by atoms with Gasteiger partial charge < -0.3 is 14.2 Å².